The fourth-order valence-electron chi connectivity index (χ4n) is 4.28. The molecule has 9 heteroatoms. The van der Waals surface area contributed by atoms with Gasteiger partial charge in [-0.3, -0.25) is 14.4 Å². The van der Waals surface area contributed by atoms with E-state index in [2.05, 4.69) is 5.32 Å². The number of anilines is 1. The summed E-state index contributed by atoms with van der Waals surface area (Å²) in [7, 11) is 2.85. The van der Waals surface area contributed by atoms with Gasteiger partial charge < -0.3 is 24.6 Å². The van der Waals surface area contributed by atoms with Gasteiger partial charge in [-0.2, -0.15) is 0 Å². The van der Waals surface area contributed by atoms with Crippen molar-refractivity contribution in [2.45, 2.75) is 25.4 Å². The number of allylic oxidation sites excluding steroid dienone is 1. The van der Waals surface area contributed by atoms with E-state index in [1.165, 1.54) is 26.4 Å². The zero-order valence-corrected chi connectivity index (χ0v) is 19.0. The van der Waals surface area contributed by atoms with E-state index in [1.807, 2.05) is 0 Å². The summed E-state index contributed by atoms with van der Waals surface area (Å²) in [6, 6.07) is 8.38. The van der Waals surface area contributed by atoms with Crippen LogP contribution in [0.25, 0.3) is 0 Å². The SMILES string of the molecule is COc1cc(OC)c2c(c1Cl)OC1(C(=O)C=C(Nc3ccc(CC(=O)O)cc3)CC1C)C2=O. The minimum absolute atomic E-state index is 0.0716. The Hall–Kier alpha value is -3.52. The number of hydrogen-bond donors (Lipinski definition) is 2. The summed E-state index contributed by atoms with van der Waals surface area (Å²) in [4.78, 5) is 37.6. The molecule has 4 rings (SSSR count). The van der Waals surface area contributed by atoms with Crippen molar-refractivity contribution >= 4 is 34.8 Å². The van der Waals surface area contributed by atoms with Crippen LogP contribution < -0.4 is 19.5 Å². The third kappa shape index (κ3) is 3.70. The van der Waals surface area contributed by atoms with E-state index in [0.29, 0.717) is 23.4 Å². The van der Waals surface area contributed by atoms with E-state index < -0.39 is 29.1 Å². The molecule has 8 nitrogen and oxygen atoms in total. The van der Waals surface area contributed by atoms with Crippen molar-refractivity contribution in [3.05, 3.63) is 58.3 Å². The van der Waals surface area contributed by atoms with Crippen LogP contribution in [0.4, 0.5) is 5.69 Å². The lowest BCUT2D eigenvalue weighted by atomic mass is 9.74. The number of carboxylic acids is 1. The number of carbonyl (C=O) groups is 3. The van der Waals surface area contributed by atoms with E-state index in [1.54, 1.807) is 31.2 Å². The van der Waals surface area contributed by atoms with Crippen LogP contribution in [0.3, 0.4) is 0 Å². The number of ketones is 2. The van der Waals surface area contributed by atoms with E-state index in [-0.39, 0.29) is 34.3 Å². The number of benzene rings is 2. The predicted octanol–water partition coefficient (Wildman–Crippen LogP) is 3.90. The number of methoxy groups -OCH3 is 2. The first-order chi connectivity index (χ1) is 15.7. The molecule has 0 radical (unpaired) electrons. The number of halogens is 1. The Bertz CT molecular complexity index is 1190. The van der Waals surface area contributed by atoms with Crippen molar-refractivity contribution in [1.82, 2.24) is 0 Å². The van der Waals surface area contributed by atoms with Crippen molar-refractivity contribution in [2.75, 3.05) is 19.5 Å². The number of Topliss-reactive ketones (excluding diaryl/α,β-unsaturated/α-hetero) is 1. The second kappa shape index (κ2) is 8.44. The molecule has 2 aromatic rings. The Kier molecular flexibility index (Phi) is 5.80. The van der Waals surface area contributed by atoms with E-state index >= 15 is 0 Å². The van der Waals surface area contributed by atoms with Crippen LogP contribution in [0.5, 0.6) is 17.2 Å². The second-order valence-electron chi connectivity index (χ2n) is 8.00. The first-order valence-corrected chi connectivity index (χ1v) is 10.6. The lowest BCUT2D eigenvalue weighted by Crippen LogP contribution is -2.55. The Labute approximate surface area is 195 Å². The van der Waals surface area contributed by atoms with E-state index in [0.717, 1.165) is 0 Å². The highest BCUT2D eigenvalue weighted by atomic mass is 35.5. The number of ether oxygens (including phenoxy) is 3. The highest BCUT2D eigenvalue weighted by Gasteiger charge is 2.60. The monoisotopic (exact) mass is 471 g/mol. The topological polar surface area (TPSA) is 111 Å². The molecule has 33 heavy (non-hydrogen) atoms. The van der Waals surface area contributed by atoms with Gasteiger partial charge in [0, 0.05) is 29.4 Å². The van der Waals surface area contributed by atoms with Crippen molar-refractivity contribution in [3.63, 3.8) is 0 Å². The molecule has 1 spiro atoms. The fraction of sp³-hybridized carbons (Fsp3) is 0.292. The molecule has 0 amide bonds. The number of aliphatic carboxylic acids is 1. The molecule has 0 saturated heterocycles. The third-order valence-corrected chi connectivity index (χ3v) is 6.28. The molecule has 2 aliphatic rings. The molecule has 1 aliphatic carbocycles. The van der Waals surface area contributed by atoms with Crippen LogP contribution in [-0.2, 0) is 16.0 Å². The predicted molar refractivity (Wildman–Crippen MR) is 121 cm³/mol. The summed E-state index contributed by atoms with van der Waals surface area (Å²) in [6.45, 7) is 1.77. The molecular weight excluding hydrogens is 450 g/mol. The molecule has 172 valence electrons. The van der Waals surface area contributed by atoms with Gasteiger partial charge in [0.25, 0.3) is 0 Å². The molecule has 0 aromatic heterocycles. The molecule has 2 unspecified atom stereocenters. The van der Waals surface area contributed by atoms with Crippen molar-refractivity contribution in [3.8, 4) is 17.2 Å². The lowest BCUT2D eigenvalue weighted by Gasteiger charge is -2.35. The average molecular weight is 472 g/mol. The van der Waals surface area contributed by atoms with Crippen molar-refractivity contribution < 1.29 is 33.7 Å². The fourth-order valence-corrected chi connectivity index (χ4v) is 4.55. The number of fused-ring (bicyclic) bond motifs is 1. The zero-order valence-electron chi connectivity index (χ0n) is 18.2. The van der Waals surface area contributed by atoms with Crippen LogP contribution in [0.2, 0.25) is 5.02 Å². The maximum absolute atomic E-state index is 13.5. The van der Waals surface area contributed by atoms with Crippen LogP contribution in [0.15, 0.2) is 42.1 Å². The Balaban J connectivity index is 1.63. The van der Waals surface area contributed by atoms with Gasteiger partial charge >= 0.3 is 5.97 Å². The Morgan fingerprint density at radius 3 is 2.45 bits per heavy atom. The maximum Gasteiger partial charge on any atom is 0.307 e. The molecule has 2 N–H and O–H groups in total. The van der Waals surface area contributed by atoms with Gasteiger partial charge in [-0.1, -0.05) is 30.7 Å². The largest absolute Gasteiger partial charge is 0.496 e. The number of hydrogen-bond acceptors (Lipinski definition) is 7. The molecule has 2 atom stereocenters. The molecule has 1 heterocycles. The standard InChI is InChI=1S/C24H22ClNO7/c1-12-8-15(26-14-6-4-13(5-7-14)9-19(28)29)10-18(27)24(12)23(30)20-16(31-2)11-17(32-3)21(25)22(20)33-24/h4-7,10-12,26H,8-9H2,1-3H3,(H,28,29). The summed E-state index contributed by atoms with van der Waals surface area (Å²) in [5.41, 5.74) is 0.373. The van der Waals surface area contributed by atoms with Crippen LogP contribution >= 0.6 is 11.6 Å². The maximum atomic E-state index is 13.5. The molecular formula is C24H22ClNO7. The molecule has 2 aromatic carbocycles. The third-order valence-electron chi connectivity index (χ3n) is 5.92. The first kappa shape index (κ1) is 22.7. The summed E-state index contributed by atoms with van der Waals surface area (Å²) < 4.78 is 16.6. The summed E-state index contributed by atoms with van der Waals surface area (Å²) in [6.07, 6.45) is 1.66. The summed E-state index contributed by atoms with van der Waals surface area (Å²) >= 11 is 6.39. The molecule has 0 fully saturated rings. The van der Waals surface area contributed by atoms with Gasteiger partial charge in [0.05, 0.1) is 20.6 Å². The van der Waals surface area contributed by atoms with Crippen molar-refractivity contribution in [2.24, 2.45) is 5.92 Å². The normalized spacial score (nSPS) is 21.3. The van der Waals surface area contributed by atoms with Crippen LogP contribution in [0, 0.1) is 5.92 Å². The highest BCUT2D eigenvalue weighted by Crippen LogP contribution is 2.53. The first-order valence-electron chi connectivity index (χ1n) is 10.2. The second-order valence-corrected chi connectivity index (χ2v) is 8.38. The minimum atomic E-state index is -1.73. The van der Waals surface area contributed by atoms with Gasteiger partial charge in [-0.05, 0) is 24.1 Å². The van der Waals surface area contributed by atoms with Gasteiger partial charge in [-0.15, -0.1) is 0 Å². The molecule has 1 aliphatic heterocycles. The lowest BCUT2D eigenvalue weighted by molar-refractivity contribution is -0.136. The summed E-state index contributed by atoms with van der Waals surface area (Å²) in [5.74, 6) is -1.83. The smallest absolute Gasteiger partial charge is 0.307 e. The Morgan fingerprint density at radius 1 is 1.21 bits per heavy atom. The van der Waals surface area contributed by atoms with Crippen LogP contribution in [-0.4, -0.2) is 42.5 Å². The number of nitrogens with one attached hydrogen (secondary N) is 1. The Morgan fingerprint density at radius 2 is 1.88 bits per heavy atom. The van der Waals surface area contributed by atoms with Gasteiger partial charge in [0.15, 0.2) is 5.75 Å². The minimum Gasteiger partial charge on any atom is -0.496 e. The number of rotatable bonds is 6. The summed E-state index contributed by atoms with van der Waals surface area (Å²) in [5, 5.41) is 12.2. The highest BCUT2D eigenvalue weighted by molar-refractivity contribution is 6.36. The van der Waals surface area contributed by atoms with Crippen molar-refractivity contribution in [1.29, 1.82) is 0 Å². The van der Waals surface area contributed by atoms with Gasteiger partial charge in [0.2, 0.25) is 17.2 Å². The molecule has 0 saturated carbocycles. The van der Waals surface area contributed by atoms with Gasteiger partial charge in [-0.25, -0.2) is 0 Å². The number of carboxylic acid groups (broad SMARTS) is 1. The van der Waals surface area contributed by atoms with E-state index in [4.69, 9.17) is 30.9 Å². The van der Waals surface area contributed by atoms with E-state index in [9.17, 15) is 14.4 Å². The molecule has 0 bridgehead atoms. The number of carbonyl (C=O) groups excluding carboxylic acids is 2. The average Bonchev–Trinajstić information content (AvgIpc) is 3.09. The van der Waals surface area contributed by atoms with Gasteiger partial charge in [0.1, 0.15) is 22.1 Å². The zero-order chi connectivity index (χ0) is 23.9. The van der Waals surface area contributed by atoms with Crippen LogP contribution in [0.1, 0.15) is 29.3 Å². The quantitative estimate of drug-likeness (QED) is 0.610.